The lowest BCUT2D eigenvalue weighted by molar-refractivity contribution is 0.510. The molecule has 3 nitrogen and oxygen atoms in total. The van der Waals surface area contributed by atoms with Crippen molar-refractivity contribution in [3.05, 3.63) is 48.0 Å². The largest absolute Gasteiger partial charge is 0.397 e. The van der Waals surface area contributed by atoms with Gasteiger partial charge in [0.05, 0.1) is 16.8 Å². The normalized spacial score (nSPS) is 11.0. The van der Waals surface area contributed by atoms with E-state index in [1.54, 1.807) is 18.2 Å². The Morgan fingerprint density at radius 2 is 1.83 bits per heavy atom. The Kier molecular flexibility index (Phi) is 2.26. The average Bonchev–Trinajstić information content (AvgIpc) is 2.78. The standard InChI is InChI=1S/C13H9F2N3/c14-8-4-1-3-7(11(8)15)13-17-10-6-2-5-9(16)12(10)18-13/h1-6H,16H2,(H,17,18). The third-order valence-corrected chi connectivity index (χ3v) is 2.75. The number of nitrogens with zero attached hydrogens (tertiary/aromatic N) is 1. The van der Waals surface area contributed by atoms with Crippen molar-refractivity contribution < 1.29 is 8.78 Å². The molecule has 0 unspecified atom stereocenters. The molecule has 5 heteroatoms. The SMILES string of the molecule is Nc1cccc2[nH]c(-c3cccc(F)c3F)nc12. The van der Waals surface area contributed by atoms with Gasteiger partial charge in [0, 0.05) is 0 Å². The number of hydrogen-bond donors (Lipinski definition) is 2. The summed E-state index contributed by atoms with van der Waals surface area (Å²) in [5.74, 6) is -1.56. The molecule has 0 bridgehead atoms. The van der Waals surface area contributed by atoms with Crippen LogP contribution in [0.4, 0.5) is 14.5 Å². The van der Waals surface area contributed by atoms with Gasteiger partial charge in [0.2, 0.25) is 0 Å². The fourth-order valence-corrected chi connectivity index (χ4v) is 1.87. The fourth-order valence-electron chi connectivity index (χ4n) is 1.87. The number of benzene rings is 2. The molecule has 0 aliphatic rings. The molecule has 3 aromatic rings. The Balaban J connectivity index is 2.26. The van der Waals surface area contributed by atoms with Gasteiger partial charge in [-0.05, 0) is 24.3 Å². The number of H-pyrrole nitrogens is 1. The minimum Gasteiger partial charge on any atom is -0.397 e. The smallest absolute Gasteiger partial charge is 0.169 e. The number of aromatic nitrogens is 2. The monoisotopic (exact) mass is 245 g/mol. The highest BCUT2D eigenvalue weighted by Gasteiger charge is 2.13. The van der Waals surface area contributed by atoms with Crippen molar-refractivity contribution in [3.63, 3.8) is 0 Å². The first-order chi connectivity index (χ1) is 8.66. The molecule has 3 N–H and O–H groups in total. The third kappa shape index (κ3) is 1.52. The van der Waals surface area contributed by atoms with E-state index in [0.717, 1.165) is 6.07 Å². The molecule has 90 valence electrons. The number of anilines is 1. The number of para-hydroxylation sites is 1. The second kappa shape index (κ2) is 3.80. The molecule has 0 fully saturated rings. The molecule has 0 saturated carbocycles. The maximum absolute atomic E-state index is 13.7. The molecule has 0 spiro atoms. The van der Waals surface area contributed by atoms with Gasteiger partial charge in [-0.15, -0.1) is 0 Å². The summed E-state index contributed by atoms with van der Waals surface area (Å²) in [5.41, 5.74) is 7.59. The van der Waals surface area contributed by atoms with Crippen LogP contribution in [0.5, 0.6) is 0 Å². The van der Waals surface area contributed by atoms with Crippen LogP contribution in [0.1, 0.15) is 0 Å². The van der Waals surface area contributed by atoms with Crippen molar-refractivity contribution in [2.75, 3.05) is 5.73 Å². The van der Waals surface area contributed by atoms with Crippen molar-refractivity contribution in [2.45, 2.75) is 0 Å². The third-order valence-electron chi connectivity index (χ3n) is 2.75. The zero-order valence-corrected chi connectivity index (χ0v) is 9.24. The zero-order chi connectivity index (χ0) is 12.7. The molecule has 0 atom stereocenters. The molecule has 0 saturated heterocycles. The number of hydrogen-bond acceptors (Lipinski definition) is 2. The van der Waals surface area contributed by atoms with E-state index in [9.17, 15) is 8.78 Å². The maximum atomic E-state index is 13.7. The van der Waals surface area contributed by atoms with Crippen LogP contribution in [0.2, 0.25) is 0 Å². The summed E-state index contributed by atoms with van der Waals surface area (Å²) in [5, 5.41) is 0. The highest BCUT2D eigenvalue weighted by atomic mass is 19.2. The predicted octanol–water partition coefficient (Wildman–Crippen LogP) is 3.09. The fraction of sp³-hybridized carbons (Fsp3) is 0. The van der Waals surface area contributed by atoms with E-state index in [2.05, 4.69) is 9.97 Å². The molecule has 1 aromatic heterocycles. The summed E-state index contributed by atoms with van der Waals surface area (Å²) in [6, 6.07) is 9.21. The number of imidazole rings is 1. The van der Waals surface area contributed by atoms with Gasteiger partial charge in [0.15, 0.2) is 11.6 Å². The van der Waals surface area contributed by atoms with Crippen molar-refractivity contribution in [1.29, 1.82) is 0 Å². The first-order valence-corrected chi connectivity index (χ1v) is 5.35. The van der Waals surface area contributed by atoms with Gasteiger partial charge in [-0.1, -0.05) is 12.1 Å². The van der Waals surface area contributed by atoms with E-state index in [0.29, 0.717) is 16.7 Å². The predicted molar refractivity (Wildman–Crippen MR) is 65.9 cm³/mol. The Bertz CT molecular complexity index is 734. The van der Waals surface area contributed by atoms with Crippen molar-refractivity contribution in [2.24, 2.45) is 0 Å². The van der Waals surface area contributed by atoms with Gasteiger partial charge in [-0.25, -0.2) is 13.8 Å². The molecule has 18 heavy (non-hydrogen) atoms. The van der Waals surface area contributed by atoms with Gasteiger partial charge >= 0.3 is 0 Å². The number of nitrogens with one attached hydrogen (secondary N) is 1. The topological polar surface area (TPSA) is 54.7 Å². The lowest BCUT2D eigenvalue weighted by Gasteiger charge is -1.99. The van der Waals surface area contributed by atoms with Gasteiger partial charge in [-0.2, -0.15) is 0 Å². The van der Waals surface area contributed by atoms with Crippen LogP contribution < -0.4 is 5.73 Å². The molecule has 0 aliphatic carbocycles. The van der Waals surface area contributed by atoms with Gasteiger partial charge in [0.25, 0.3) is 0 Å². The van der Waals surface area contributed by atoms with Crippen LogP contribution in [0.25, 0.3) is 22.4 Å². The number of nitrogen functional groups attached to an aromatic ring is 1. The Labute approximate surface area is 101 Å². The van der Waals surface area contributed by atoms with Gasteiger partial charge < -0.3 is 10.7 Å². The van der Waals surface area contributed by atoms with E-state index >= 15 is 0 Å². The van der Waals surface area contributed by atoms with Gasteiger partial charge in [0.1, 0.15) is 11.3 Å². The van der Waals surface area contributed by atoms with Crippen molar-refractivity contribution >= 4 is 16.7 Å². The summed E-state index contributed by atoms with van der Waals surface area (Å²) < 4.78 is 26.8. The lowest BCUT2D eigenvalue weighted by Crippen LogP contribution is -1.90. The summed E-state index contributed by atoms with van der Waals surface area (Å²) in [4.78, 5) is 7.12. The highest BCUT2D eigenvalue weighted by molar-refractivity contribution is 5.89. The van der Waals surface area contributed by atoms with Crippen LogP contribution >= 0.6 is 0 Å². The Morgan fingerprint density at radius 3 is 2.61 bits per heavy atom. The quantitative estimate of drug-likeness (QED) is 0.647. The van der Waals surface area contributed by atoms with Crippen molar-refractivity contribution in [3.8, 4) is 11.4 Å². The first-order valence-electron chi connectivity index (χ1n) is 5.35. The van der Waals surface area contributed by atoms with Crippen LogP contribution in [0.3, 0.4) is 0 Å². The Morgan fingerprint density at radius 1 is 1.06 bits per heavy atom. The minimum absolute atomic E-state index is 0.0885. The van der Waals surface area contributed by atoms with Crippen molar-refractivity contribution in [1.82, 2.24) is 9.97 Å². The van der Waals surface area contributed by atoms with Crippen LogP contribution in [0.15, 0.2) is 36.4 Å². The van der Waals surface area contributed by atoms with Gasteiger partial charge in [-0.3, -0.25) is 0 Å². The summed E-state index contributed by atoms with van der Waals surface area (Å²) in [6.07, 6.45) is 0. The molecule has 0 aliphatic heterocycles. The second-order valence-electron chi connectivity index (χ2n) is 3.93. The number of rotatable bonds is 1. The molecule has 2 aromatic carbocycles. The Hall–Kier alpha value is -2.43. The maximum Gasteiger partial charge on any atom is 0.169 e. The molecule has 3 rings (SSSR count). The summed E-state index contributed by atoms with van der Waals surface area (Å²) >= 11 is 0. The van der Waals surface area contributed by atoms with E-state index in [1.165, 1.54) is 12.1 Å². The second-order valence-corrected chi connectivity index (χ2v) is 3.93. The van der Waals surface area contributed by atoms with E-state index in [-0.39, 0.29) is 11.4 Å². The number of aromatic amines is 1. The number of fused-ring (bicyclic) bond motifs is 1. The minimum atomic E-state index is -0.921. The zero-order valence-electron chi connectivity index (χ0n) is 9.24. The van der Waals surface area contributed by atoms with E-state index in [1.807, 2.05) is 0 Å². The van der Waals surface area contributed by atoms with Crippen LogP contribution in [-0.2, 0) is 0 Å². The van der Waals surface area contributed by atoms with E-state index in [4.69, 9.17) is 5.73 Å². The lowest BCUT2D eigenvalue weighted by atomic mass is 10.2. The van der Waals surface area contributed by atoms with E-state index < -0.39 is 11.6 Å². The first kappa shape index (κ1) is 10.7. The molecule has 1 heterocycles. The molecule has 0 radical (unpaired) electrons. The van der Waals surface area contributed by atoms with Crippen LogP contribution in [0, 0.1) is 11.6 Å². The number of halogens is 2. The summed E-state index contributed by atoms with van der Waals surface area (Å²) in [7, 11) is 0. The van der Waals surface area contributed by atoms with Crippen LogP contribution in [-0.4, -0.2) is 9.97 Å². The molecule has 0 amide bonds. The average molecular weight is 245 g/mol. The summed E-state index contributed by atoms with van der Waals surface area (Å²) in [6.45, 7) is 0. The molecular weight excluding hydrogens is 236 g/mol. The molecular formula is C13H9F2N3. The highest BCUT2D eigenvalue weighted by Crippen LogP contribution is 2.26. The number of nitrogens with two attached hydrogens (primary N) is 1.